The number of fused-ring (bicyclic) bond motifs is 3. The fourth-order valence-corrected chi connectivity index (χ4v) is 3.39. The van der Waals surface area contributed by atoms with Crippen molar-refractivity contribution >= 4 is 11.3 Å². The van der Waals surface area contributed by atoms with Crippen LogP contribution in [-0.2, 0) is 13.2 Å². The summed E-state index contributed by atoms with van der Waals surface area (Å²) in [7, 11) is 0. The van der Waals surface area contributed by atoms with Gasteiger partial charge in [-0.15, -0.1) is 11.3 Å². The molecule has 1 aliphatic heterocycles. The van der Waals surface area contributed by atoms with Crippen molar-refractivity contribution in [2.75, 3.05) is 6.54 Å². The lowest BCUT2D eigenvalue weighted by molar-refractivity contribution is 0.305. The molecular formula is C15H16N2OS. The van der Waals surface area contributed by atoms with Gasteiger partial charge in [-0.2, -0.15) is 0 Å². The van der Waals surface area contributed by atoms with Gasteiger partial charge >= 0.3 is 0 Å². The van der Waals surface area contributed by atoms with E-state index in [-0.39, 0.29) is 0 Å². The molecule has 2 aromatic rings. The smallest absolute Gasteiger partial charge is 0.129 e. The van der Waals surface area contributed by atoms with Gasteiger partial charge in [0.05, 0.1) is 10.6 Å². The van der Waals surface area contributed by atoms with Crippen molar-refractivity contribution < 1.29 is 4.74 Å². The van der Waals surface area contributed by atoms with Crippen LogP contribution in [0.3, 0.4) is 0 Å². The minimum atomic E-state index is 0.659. The van der Waals surface area contributed by atoms with Crippen LogP contribution >= 0.6 is 11.3 Å². The quantitative estimate of drug-likeness (QED) is 0.928. The first-order valence-corrected chi connectivity index (χ1v) is 7.63. The van der Waals surface area contributed by atoms with Crippen LogP contribution in [0.15, 0.2) is 24.3 Å². The Morgan fingerprint density at radius 1 is 1.32 bits per heavy atom. The lowest BCUT2D eigenvalue weighted by Gasteiger charge is -2.15. The maximum atomic E-state index is 5.77. The van der Waals surface area contributed by atoms with Gasteiger partial charge in [-0.1, -0.05) is 12.1 Å². The summed E-state index contributed by atoms with van der Waals surface area (Å²) < 4.78 is 5.77. The number of para-hydroxylation sites is 1. The Hall–Kier alpha value is -1.39. The van der Waals surface area contributed by atoms with Gasteiger partial charge in [0.25, 0.3) is 0 Å². The van der Waals surface area contributed by atoms with Crippen LogP contribution < -0.4 is 10.1 Å². The van der Waals surface area contributed by atoms with Gasteiger partial charge < -0.3 is 10.1 Å². The highest BCUT2D eigenvalue weighted by molar-refractivity contribution is 7.12. The number of nitrogens with one attached hydrogen (secondary N) is 1. The molecule has 4 rings (SSSR count). The lowest BCUT2D eigenvalue weighted by Crippen LogP contribution is -2.15. The SMILES string of the molecule is c1ccc2c(c1)OCc1sc(CNCC3CC3)nc1-2. The molecule has 1 saturated carbocycles. The van der Waals surface area contributed by atoms with Gasteiger partial charge in [-0.05, 0) is 37.4 Å². The molecule has 1 aliphatic carbocycles. The molecule has 1 fully saturated rings. The highest BCUT2D eigenvalue weighted by Gasteiger charge is 2.23. The second-order valence-corrected chi connectivity index (χ2v) is 6.41. The maximum Gasteiger partial charge on any atom is 0.129 e. The van der Waals surface area contributed by atoms with Gasteiger partial charge in [0.15, 0.2) is 0 Å². The monoisotopic (exact) mass is 272 g/mol. The summed E-state index contributed by atoms with van der Waals surface area (Å²) in [4.78, 5) is 6.04. The molecule has 0 saturated heterocycles. The van der Waals surface area contributed by atoms with E-state index in [0.717, 1.165) is 36.0 Å². The highest BCUT2D eigenvalue weighted by Crippen LogP contribution is 2.39. The van der Waals surface area contributed by atoms with Crippen LogP contribution in [0.4, 0.5) is 0 Å². The van der Waals surface area contributed by atoms with Crippen LogP contribution in [0.5, 0.6) is 5.75 Å². The molecule has 1 aromatic heterocycles. The summed E-state index contributed by atoms with van der Waals surface area (Å²) >= 11 is 1.77. The van der Waals surface area contributed by atoms with E-state index in [1.165, 1.54) is 22.7 Å². The molecule has 2 heterocycles. The van der Waals surface area contributed by atoms with E-state index in [2.05, 4.69) is 11.4 Å². The number of thiazole rings is 1. The molecule has 1 aromatic carbocycles. The Kier molecular flexibility index (Phi) is 2.78. The van der Waals surface area contributed by atoms with Gasteiger partial charge in [0.1, 0.15) is 17.4 Å². The van der Waals surface area contributed by atoms with Gasteiger partial charge in [-0.3, -0.25) is 0 Å². The number of rotatable bonds is 4. The van der Waals surface area contributed by atoms with Crippen molar-refractivity contribution in [3.8, 4) is 17.0 Å². The predicted molar refractivity (Wildman–Crippen MR) is 76.3 cm³/mol. The number of aromatic nitrogens is 1. The summed E-state index contributed by atoms with van der Waals surface area (Å²) in [6, 6.07) is 8.16. The van der Waals surface area contributed by atoms with Crippen molar-refractivity contribution in [2.45, 2.75) is 26.0 Å². The molecule has 3 nitrogen and oxygen atoms in total. The largest absolute Gasteiger partial charge is 0.487 e. The van der Waals surface area contributed by atoms with Crippen molar-refractivity contribution in [3.05, 3.63) is 34.2 Å². The highest BCUT2D eigenvalue weighted by atomic mass is 32.1. The summed E-state index contributed by atoms with van der Waals surface area (Å²) in [5, 5.41) is 4.68. The minimum Gasteiger partial charge on any atom is -0.487 e. The standard InChI is InChI=1S/C15H16N2OS/c1-2-4-12-11(3-1)15-13(9-18-12)19-14(17-15)8-16-7-10-5-6-10/h1-4,10,16H,5-9H2. The molecular weight excluding hydrogens is 256 g/mol. The summed E-state index contributed by atoms with van der Waals surface area (Å²) in [5.41, 5.74) is 2.25. The van der Waals surface area contributed by atoms with Crippen LogP contribution in [0.2, 0.25) is 0 Å². The molecule has 0 amide bonds. The number of hydrogen-bond acceptors (Lipinski definition) is 4. The number of benzene rings is 1. The molecule has 4 heteroatoms. The van der Waals surface area contributed by atoms with E-state index < -0.39 is 0 Å². The molecule has 19 heavy (non-hydrogen) atoms. The van der Waals surface area contributed by atoms with Crippen molar-refractivity contribution in [3.63, 3.8) is 0 Å². The third-order valence-electron chi connectivity index (χ3n) is 3.65. The Bertz CT molecular complexity index is 604. The van der Waals surface area contributed by atoms with E-state index in [1.54, 1.807) is 11.3 Å². The fourth-order valence-electron chi connectivity index (χ4n) is 2.42. The van der Waals surface area contributed by atoms with Crippen LogP contribution in [0.1, 0.15) is 22.7 Å². The molecule has 1 N–H and O–H groups in total. The van der Waals surface area contributed by atoms with Gasteiger partial charge in [0.2, 0.25) is 0 Å². The zero-order chi connectivity index (χ0) is 12.7. The normalized spacial score (nSPS) is 16.6. The molecule has 98 valence electrons. The second kappa shape index (κ2) is 4.62. The van der Waals surface area contributed by atoms with Crippen LogP contribution in [0.25, 0.3) is 11.3 Å². The molecule has 0 unspecified atom stereocenters. The lowest BCUT2D eigenvalue weighted by atomic mass is 10.1. The van der Waals surface area contributed by atoms with Crippen LogP contribution in [-0.4, -0.2) is 11.5 Å². The molecule has 0 bridgehead atoms. The summed E-state index contributed by atoms with van der Waals surface area (Å²) in [5.74, 6) is 1.87. The number of nitrogens with zero attached hydrogens (tertiary/aromatic N) is 1. The van der Waals surface area contributed by atoms with E-state index in [1.807, 2.05) is 18.2 Å². The molecule has 0 atom stereocenters. The molecule has 0 radical (unpaired) electrons. The summed E-state index contributed by atoms with van der Waals surface area (Å²) in [6.07, 6.45) is 2.78. The number of hydrogen-bond donors (Lipinski definition) is 1. The van der Waals surface area contributed by atoms with Crippen molar-refractivity contribution in [2.24, 2.45) is 5.92 Å². The topological polar surface area (TPSA) is 34.1 Å². The van der Waals surface area contributed by atoms with Gasteiger partial charge in [0, 0.05) is 12.1 Å². The van der Waals surface area contributed by atoms with Gasteiger partial charge in [-0.25, -0.2) is 4.98 Å². The first kappa shape index (κ1) is 11.4. The fraction of sp³-hybridized carbons (Fsp3) is 0.400. The minimum absolute atomic E-state index is 0.659. The molecule has 0 spiro atoms. The third-order valence-corrected chi connectivity index (χ3v) is 4.68. The average Bonchev–Trinajstić information content (AvgIpc) is 3.16. The van der Waals surface area contributed by atoms with E-state index in [4.69, 9.17) is 9.72 Å². The van der Waals surface area contributed by atoms with E-state index in [9.17, 15) is 0 Å². The van der Waals surface area contributed by atoms with E-state index >= 15 is 0 Å². The first-order chi connectivity index (χ1) is 9.40. The first-order valence-electron chi connectivity index (χ1n) is 6.81. The Morgan fingerprint density at radius 2 is 2.21 bits per heavy atom. The maximum absolute atomic E-state index is 5.77. The Balaban J connectivity index is 1.55. The van der Waals surface area contributed by atoms with Crippen molar-refractivity contribution in [1.29, 1.82) is 0 Å². The predicted octanol–water partition coefficient (Wildman–Crippen LogP) is 3.20. The Labute approximate surface area is 116 Å². The molecule has 2 aliphatic rings. The average molecular weight is 272 g/mol. The summed E-state index contributed by atoms with van der Waals surface area (Å²) in [6.45, 7) is 2.68. The van der Waals surface area contributed by atoms with E-state index in [0.29, 0.717) is 6.61 Å². The zero-order valence-electron chi connectivity index (χ0n) is 10.7. The number of ether oxygens (including phenoxy) is 1. The second-order valence-electron chi connectivity index (χ2n) is 5.24. The van der Waals surface area contributed by atoms with Crippen molar-refractivity contribution in [1.82, 2.24) is 10.3 Å². The third kappa shape index (κ3) is 2.26. The van der Waals surface area contributed by atoms with Crippen LogP contribution in [0, 0.1) is 5.92 Å². The zero-order valence-corrected chi connectivity index (χ0v) is 11.5. The Morgan fingerprint density at radius 3 is 3.11 bits per heavy atom.